The minimum absolute atomic E-state index is 0.0293. The lowest BCUT2D eigenvalue weighted by atomic mass is 9.98. The Balaban J connectivity index is 1.73. The maximum atomic E-state index is 13.4. The van der Waals surface area contributed by atoms with Crippen molar-refractivity contribution in [1.82, 2.24) is 4.98 Å². The van der Waals surface area contributed by atoms with Gasteiger partial charge in [0.25, 0.3) is 5.91 Å². The smallest absolute Gasteiger partial charge is 0.433 e. The van der Waals surface area contributed by atoms with E-state index in [9.17, 15) is 32.8 Å². The minimum Gasteiger partial charge on any atom is -0.491 e. The van der Waals surface area contributed by atoms with E-state index in [1.54, 1.807) is 51.1 Å². The third-order valence-electron chi connectivity index (χ3n) is 5.94. The molecule has 0 unspecified atom stereocenters. The normalized spacial score (nSPS) is 11.3. The second-order valence-electron chi connectivity index (χ2n) is 10.2. The van der Waals surface area contributed by atoms with E-state index in [0.29, 0.717) is 11.8 Å². The second-order valence-corrected chi connectivity index (χ2v) is 10.6. The molecular formula is C30H27ClF3N3O6. The molecule has 0 radical (unpaired) electrons. The third kappa shape index (κ3) is 8.45. The van der Waals surface area contributed by atoms with Crippen molar-refractivity contribution in [2.24, 2.45) is 5.41 Å². The standard InChI is InChI=1S/C30H27ClF3N3O6/c1-29(2,3)28(40)43-17-42-26(38)11-12-41-24-8-6-5-7-23(24)37(4)27(39)18-9-10-22(31)20(13-18)21-16-36-25(30(32,33)34)14-19(21)15-35/h5-10,13-14,16H,11-12,17H2,1-4H3. The van der Waals surface area contributed by atoms with Gasteiger partial charge in [0.2, 0.25) is 6.79 Å². The highest BCUT2D eigenvalue weighted by molar-refractivity contribution is 6.33. The minimum atomic E-state index is -4.74. The van der Waals surface area contributed by atoms with Gasteiger partial charge in [-0.25, -0.2) is 0 Å². The Labute approximate surface area is 250 Å². The summed E-state index contributed by atoms with van der Waals surface area (Å²) in [6.45, 7) is 4.37. The summed E-state index contributed by atoms with van der Waals surface area (Å²) in [6, 6.07) is 13.1. The Bertz CT molecular complexity index is 1560. The quantitative estimate of drug-likeness (QED) is 0.199. The van der Waals surface area contributed by atoms with Gasteiger partial charge in [0.05, 0.1) is 35.8 Å². The van der Waals surface area contributed by atoms with Gasteiger partial charge < -0.3 is 19.1 Å². The highest BCUT2D eigenvalue weighted by Crippen LogP contribution is 2.35. The summed E-state index contributed by atoms with van der Waals surface area (Å²) in [5.74, 6) is -1.43. The molecule has 0 spiro atoms. The van der Waals surface area contributed by atoms with Crippen molar-refractivity contribution < 1.29 is 41.8 Å². The summed E-state index contributed by atoms with van der Waals surface area (Å²) in [4.78, 5) is 41.9. The van der Waals surface area contributed by atoms with E-state index in [2.05, 4.69) is 4.98 Å². The van der Waals surface area contributed by atoms with Crippen molar-refractivity contribution >= 4 is 35.1 Å². The predicted octanol–water partition coefficient (Wildman–Crippen LogP) is 6.43. The molecule has 9 nitrogen and oxygen atoms in total. The fraction of sp³-hybridized carbons (Fsp3) is 0.300. The molecule has 0 fully saturated rings. The lowest BCUT2D eigenvalue weighted by Crippen LogP contribution is -2.27. The number of amides is 1. The zero-order valence-electron chi connectivity index (χ0n) is 23.6. The Morgan fingerprint density at radius 3 is 2.37 bits per heavy atom. The summed E-state index contributed by atoms with van der Waals surface area (Å²) < 4.78 is 54.8. The molecule has 226 valence electrons. The van der Waals surface area contributed by atoms with Gasteiger partial charge in [-0.3, -0.25) is 19.4 Å². The lowest BCUT2D eigenvalue weighted by Gasteiger charge is -2.21. The van der Waals surface area contributed by atoms with Crippen LogP contribution in [0.5, 0.6) is 5.75 Å². The first-order valence-electron chi connectivity index (χ1n) is 12.7. The molecular weight excluding hydrogens is 591 g/mol. The Morgan fingerprint density at radius 2 is 1.72 bits per heavy atom. The van der Waals surface area contributed by atoms with Crippen LogP contribution in [-0.2, 0) is 25.2 Å². The van der Waals surface area contributed by atoms with E-state index < -0.39 is 41.9 Å². The van der Waals surface area contributed by atoms with E-state index in [0.717, 1.165) is 6.20 Å². The van der Waals surface area contributed by atoms with Gasteiger partial charge in [-0.1, -0.05) is 23.7 Å². The SMILES string of the molecule is CN(C(=O)c1ccc(Cl)c(-c2cnc(C(F)(F)F)cc2C#N)c1)c1ccccc1OCCC(=O)OCOC(=O)C(C)(C)C. The molecule has 3 rings (SSSR count). The number of para-hydroxylation sites is 2. The van der Waals surface area contributed by atoms with Crippen molar-refractivity contribution in [3.63, 3.8) is 0 Å². The van der Waals surface area contributed by atoms with Gasteiger partial charge in [0.15, 0.2) is 0 Å². The molecule has 0 saturated heterocycles. The monoisotopic (exact) mass is 617 g/mol. The van der Waals surface area contributed by atoms with Gasteiger partial charge in [-0.15, -0.1) is 0 Å². The molecule has 43 heavy (non-hydrogen) atoms. The molecule has 2 aromatic carbocycles. The fourth-order valence-electron chi connectivity index (χ4n) is 3.62. The molecule has 3 aromatic rings. The van der Waals surface area contributed by atoms with Crippen LogP contribution in [0.1, 0.15) is 48.8 Å². The Kier molecular flexibility index (Phi) is 10.4. The maximum Gasteiger partial charge on any atom is 0.433 e. The number of hydrogen-bond donors (Lipinski definition) is 0. The molecule has 0 aliphatic carbocycles. The second kappa shape index (κ2) is 13.6. The summed E-state index contributed by atoms with van der Waals surface area (Å²) in [7, 11) is 1.48. The first-order chi connectivity index (χ1) is 20.1. The van der Waals surface area contributed by atoms with Crippen molar-refractivity contribution in [3.8, 4) is 22.9 Å². The van der Waals surface area contributed by atoms with Gasteiger partial charge in [0, 0.05) is 35.0 Å². The zero-order valence-corrected chi connectivity index (χ0v) is 24.4. The molecule has 1 heterocycles. The number of nitrogens with zero attached hydrogens (tertiary/aromatic N) is 3. The van der Waals surface area contributed by atoms with Crippen molar-refractivity contribution in [2.45, 2.75) is 33.4 Å². The first-order valence-corrected chi connectivity index (χ1v) is 13.1. The van der Waals surface area contributed by atoms with Crippen LogP contribution in [-0.4, -0.2) is 43.3 Å². The van der Waals surface area contributed by atoms with E-state index in [-0.39, 0.29) is 46.1 Å². The maximum absolute atomic E-state index is 13.4. The Morgan fingerprint density at radius 1 is 1.02 bits per heavy atom. The van der Waals surface area contributed by atoms with Gasteiger partial charge in [0.1, 0.15) is 11.4 Å². The van der Waals surface area contributed by atoms with Crippen molar-refractivity contribution in [2.75, 3.05) is 25.3 Å². The Hall–Kier alpha value is -4.63. The molecule has 0 N–H and O–H groups in total. The van der Waals surface area contributed by atoms with Crippen LogP contribution in [0, 0.1) is 16.7 Å². The number of esters is 2. The number of carbonyl (C=O) groups is 3. The lowest BCUT2D eigenvalue weighted by molar-refractivity contribution is -0.173. The largest absolute Gasteiger partial charge is 0.491 e. The molecule has 1 aromatic heterocycles. The number of nitriles is 1. The number of aromatic nitrogens is 1. The molecule has 13 heteroatoms. The summed E-state index contributed by atoms with van der Waals surface area (Å²) in [6.07, 6.45) is -4.02. The number of ether oxygens (including phenoxy) is 3. The van der Waals surface area contributed by atoms with Crippen LogP contribution in [0.15, 0.2) is 54.7 Å². The molecule has 0 saturated carbocycles. The van der Waals surface area contributed by atoms with Gasteiger partial charge >= 0.3 is 18.1 Å². The van der Waals surface area contributed by atoms with Crippen LogP contribution in [0.25, 0.3) is 11.1 Å². The van der Waals surface area contributed by atoms with Crippen LogP contribution in [0.2, 0.25) is 5.02 Å². The highest BCUT2D eigenvalue weighted by atomic mass is 35.5. The van der Waals surface area contributed by atoms with E-state index >= 15 is 0 Å². The highest BCUT2D eigenvalue weighted by Gasteiger charge is 2.33. The average Bonchev–Trinajstić information content (AvgIpc) is 2.95. The van der Waals surface area contributed by atoms with E-state index in [1.807, 2.05) is 0 Å². The van der Waals surface area contributed by atoms with Gasteiger partial charge in [-0.2, -0.15) is 18.4 Å². The summed E-state index contributed by atoms with van der Waals surface area (Å²) in [5.41, 5.74) is -1.64. The summed E-state index contributed by atoms with van der Waals surface area (Å²) in [5, 5.41) is 9.58. The molecule has 0 aliphatic rings. The first kappa shape index (κ1) is 32.9. The molecule has 0 atom stereocenters. The number of rotatable bonds is 9. The topological polar surface area (TPSA) is 119 Å². The van der Waals surface area contributed by atoms with Gasteiger partial charge in [-0.05, 0) is 57.2 Å². The number of anilines is 1. The van der Waals surface area contributed by atoms with Crippen molar-refractivity contribution in [3.05, 3.63) is 76.6 Å². The molecule has 0 aliphatic heterocycles. The molecule has 1 amide bonds. The van der Waals surface area contributed by atoms with Crippen LogP contribution in [0.4, 0.5) is 18.9 Å². The fourth-order valence-corrected chi connectivity index (χ4v) is 3.84. The number of carbonyl (C=O) groups excluding carboxylic acids is 3. The van der Waals surface area contributed by atoms with E-state index in [1.165, 1.54) is 30.1 Å². The number of halogens is 4. The van der Waals surface area contributed by atoms with Crippen LogP contribution < -0.4 is 9.64 Å². The zero-order chi connectivity index (χ0) is 31.9. The summed E-state index contributed by atoms with van der Waals surface area (Å²) >= 11 is 6.30. The number of hydrogen-bond acceptors (Lipinski definition) is 8. The van der Waals surface area contributed by atoms with Crippen LogP contribution in [0.3, 0.4) is 0 Å². The number of pyridine rings is 1. The average molecular weight is 618 g/mol. The number of benzene rings is 2. The van der Waals surface area contributed by atoms with Crippen molar-refractivity contribution in [1.29, 1.82) is 5.26 Å². The number of alkyl halides is 3. The van der Waals surface area contributed by atoms with E-state index in [4.69, 9.17) is 25.8 Å². The molecule has 0 bridgehead atoms. The van der Waals surface area contributed by atoms with Crippen LogP contribution >= 0.6 is 11.6 Å². The third-order valence-corrected chi connectivity index (χ3v) is 6.27. The predicted molar refractivity (Wildman–Crippen MR) is 150 cm³/mol.